The molecule has 2 rings (SSSR count). The minimum absolute atomic E-state index is 0.256. The van der Waals surface area contributed by atoms with Gasteiger partial charge in [-0.05, 0) is 24.3 Å². The summed E-state index contributed by atoms with van der Waals surface area (Å²) in [5, 5.41) is 1.56. The van der Waals surface area contributed by atoms with Gasteiger partial charge >= 0.3 is 5.97 Å². The van der Waals surface area contributed by atoms with E-state index in [1.807, 2.05) is 0 Å². The Balaban J connectivity index is 2.36. The molecule has 0 aliphatic rings. The van der Waals surface area contributed by atoms with Crippen molar-refractivity contribution in [1.82, 2.24) is 4.98 Å². The van der Waals surface area contributed by atoms with E-state index in [4.69, 9.17) is 11.6 Å². The molecular formula is C11H9ClN2O4S2. The Morgan fingerprint density at radius 1 is 1.45 bits per heavy atom. The molecule has 1 heterocycles. The van der Waals surface area contributed by atoms with Gasteiger partial charge < -0.3 is 4.74 Å². The number of ether oxygens (including phenoxy) is 1. The number of halogens is 1. The van der Waals surface area contributed by atoms with Crippen LogP contribution in [-0.2, 0) is 16.0 Å². The Morgan fingerprint density at radius 3 is 2.55 bits per heavy atom. The third kappa shape index (κ3) is 3.15. The Bertz CT molecular complexity index is 644. The van der Waals surface area contributed by atoms with Crippen molar-refractivity contribution in [3.63, 3.8) is 0 Å². The number of esters is 1. The van der Waals surface area contributed by atoms with Crippen molar-refractivity contribution in [1.29, 1.82) is 0 Å². The van der Waals surface area contributed by atoms with Gasteiger partial charge in [-0.1, -0.05) is 11.6 Å². The molecule has 0 bridgehead atoms. The highest BCUT2D eigenvalue weighted by Gasteiger charge is 2.18. The summed E-state index contributed by atoms with van der Waals surface area (Å²) in [7, 11) is 1.28. The summed E-state index contributed by atoms with van der Waals surface area (Å²) in [4.78, 5) is 15.3. The molecule has 0 radical (unpaired) electrons. The molecule has 0 spiro atoms. The number of rotatable bonds is 4. The molecule has 1 aromatic carbocycles. The monoisotopic (exact) mass is 332 g/mol. The minimum atomic E-state index is -2.31. The van der Waals surface area contributed by atoms with Crippen molar-refractivity contribution in [3.05, 3.63) is 39.7 Å². The van der Waals surface area contributed by atoms with Gasteiger partial charge in [0, 0.05) is 5.38 Å². The molecule has 2 aromatic rings. The van der Waals surface area contributed by atoms with E-state index in [1.165, 1.54) is 31.4 Å². The number of thiazole rings is 1. The topological polar surface area (TPSA) is 79.7 Å². The normalized spacial score (nSPS) is 11.9. The van der Waals surface area contributed by atoms with Crippen molar-refractivity contribution in [2.24, 2.45) is 0 Å². The van der Waals surface area contributed by atoms with Gasteiger partial charge in [0.1, 0.15) is 0 Å². The van der Waals surface area contributed by atoms with Gasteiger partial charge in [-0.3, -0.25) is 4.55 Å². The highest BCUT2D eigenvalue weighted by Crippen LogP contribution is 2.29. The highest BCUT2D eigenvalue weighted by molar-refractivity contribution is 7.81. The number of benzene rings is 1. The first-order valence-corrected chi connectivity index (χ1v) is 7.55. The molecule has 20 heavy (non-hydrogen) atoms. The van der Waals surface area contributed by atoms with E-state index >= 15 is 0 Å². The number of carbonyl (C=O) groups excluding carboxylic acids is 1. The van der Waals surface area contributed by atoms with Crippen LogP contribution < -0.4 is 4.31 Å². The first-order valence-electron chi connectivity index (χ1n) is 5.23. The molecule has 0 aliphatic heterocycles. The summed E-state index contributed by atoms with van der Waals surface area (Å²) >= 11 is 4.56. The molecule has 1 atom stereocenters. The second-order valence-electron chi connectivity index (χ2n) is 3.52. The van der Waals surface area contributed by atoms with Crippen LogP contribution in [0.3, 0.4) is 0 Å². The van der Waals surface area contributed by atoms with E-state index in [1.54, 1.807) is 5.38 Å². The van der Waals surface area contributed by atoms with E-state index in [9.17, 15) is 13.6 Å². The lowest BCUT2D eigenvalue weighted by atomic mass is 10.2. The zero-order valence-corrected chi connectivity index (χ0v) is 12.5. The van der Waals surface area contributed by atoms with Crippen LogP contribution in [0.25, 0.3) is 0 Å². The van der Waals surface area contributed by atoms with Crippen LogP contribution in [0.15, 0.2) is 29.6 Å². The molecule has 6 nitrogen and oxygen atoms in total. The van der Waals surface area contributed by atoms with Gasteiger partial charge in [0.05, 0.1) is 18.4 Å². The van der Waals surface area contributed by atoms with Crippen molar-refractivity contribution in [2.45, 2.75) is 0 Å². The number of hydrogen-bond donors (Lipinski definition) is 1. The molecule has 0 saturated carbocycles. The predicted octanol–water partition coefficient (Wildman–Crippen LogP) is 2.86. The van der Waals surface area contributed by atoms with Gasteiger partial charge in [-0.25, -0.2) is 18.3 Å². The lowest BCUT2D eigenvalue weighted by Crippen LogP contribution is -2.19. The fraction of sp³-hybridized carbons (Fsp3) is 0.0909. The van der Waals surface area contributed by atoms with E-state index < -0.39 is 17.2 Å². The Kier molecular flexibility index (Phi) is 4.71. The molecule has 0 aliphatic carbocycles. The van der Waals surface area contributed by atoms with E-state index in [0.29, 0.717) is 11.3 Å². The standard InChI is InChI=1S/C11H9ClN2O4S2/c1-18-10(15)7-2-4-8(5-3-7)14(20(16)17)9-6-19-11(12)13-9/h2-6H,1H3,(H,16,17). The Labute approximate surface area is 126 Å². The molecule has 0 saturated heterocycles. The summed E-state index contributed by atoms with van der Waals surface area (Å²) in [5.74, 6) is -0.225. The zero-order chi connectivity index (χ0) is 14.7. The van der Waals surface area contributed by atoms with Crippen LogP contribution in [0, 0.1) is 0 Å². The van der Waals surface area contributed by atoms with Crippen molar-refractivity contribution in [2.75, 3.05) is 11.4 Å². The van der Waals surface area contributed by atoms with Crippen LogP contribution in [0.5, 0.6) is 0 Å². The number of aromatic nitrogens is 1. The lowest BCUT2D eigenvalue weighted by Gasteiger charge is -2.17. The fourth-order valence-electron chi connectivity index (χ4n) is 1.49. The number of carbonyl (C=O) groups is 1. The van der Waals surface area contributed by atoms with Crippen LogP contribution in [0.2, 0.25) is 4.47 Å². The van der Waals surface area contributed by atoms with Crippen molar-refractivity contribution in [3.8, 4) is 0 Å². The maximum absolute atomic E-state index is 11.5. The van der Waals surface area contributed by atoms with Crippen LogP contribution >= 0.6 is 22.9 Å². The second kappa shape index (κ2) is 6.31. The predicted molar refractivity (Wildman–Crippen MR) is 77.8 cm³/mol. The SMILES string of the molecule is COC(=O)c1ccc(N(c2csc(Cl)n2)S(=O)O)cc1. The van der Waals surface area contributed by atoms with E-state index in [2.05, 4.69) is 9.72 Å². The largest absolute Gasteiger partial charge is 0.465 e. The van der Waals surface area contributed by atoms with Crippen LogP contribution in [0.4, 0.5) is 11.5 Å². The van der Waals surface area contributed by atoms with Gasteiger partial charge in [0.2, 0.25) is 0 Å². The van der Waals surface area contributed by atoms with Crippen molar-refractivity contribution < 1.29 is 18.3 Å². The number of anilines is 2. The molecule has 0 amide bonds. The molecule has 0 fully saturated rings. The number of hydrogen-bond acceptors (Lipinski definition) is 5. The van der Waals surface area contributed by atoms with Gasteiger partial charge in [0.25, 0.3) is 11.3 Å². The minimum Gasteiger partial charge on any atom is -0.465 e. The van der Waals surface area contributed by atoms with Gasteiger partial charge in [-0.15, -0.1) is 11.3 Å². The van der Waals surface area contributed by atoms with Gasteiger partial charge in [-0.2, -0.15) is 0 Å². The third-order valence-corrected chi connectivity index (χ3v) is 4.03. The molecule has 1 aromatic heterocycles. The number of nitrogens with zero attached hydrogens (tertiary/aromatic N) is 2. The molecule has 1 unspecified atom stereocenters. The second-order valence-corrected chi connectivity index (χ2v) is 5.79. The van der Waals surface area contributed by atoms with Crippen LogP contribution in [0.1, 0.15) is 10.4 Å². The van der Waals surface area contributed by atoms with Crippen molar-refractivity contribution >= 4 is 51.7 Å². The zero-order valence-electron chi connectivity index (χ0n) is 10.1. The average Bonchev–Trinajstić information content (AvgIpc) is 2.85. The third-order valence-electron chi connectivity index (χ3n) is 2.35. The quantitative estimate of drug-likeness (QED) is 0.688. The first kappa shape index (κ1) is 14.9. The molecule has 106 valence electrons. The maximum atomic E-state index is 11.5. The Morgan fingerprint density at radius 2 is 2.10 bits per heavy atom. The first-order chi connectivity index (χ1) is 9.52. The summed E-state index contributed by atoms with van der Waals surface area (Å²) in [6.45, 7) is 0. The smallest absolute Gasteiger partial charge is 0.337 e. The molecule has 1 N–H and O–H groups in total. The summed E-state index contributed by atoms with van der Waals surface area (Å²) in [5.41, 5.74) is 0.747. The summed E-state index contributed by atoms with van der Waals surface area (Å²) in [6.07, 6.45) is 0. The summed E-state index contributed by atoms with van der Waals surface area (Å²) < 4.78 is 26.8. The van der Waals surface area contributed by atoms with E-state index in [0.717, 1.165) is 15.6 Å². The van der Waals surface area contributed by atoms with E-state index in [-0.39, 0.29) is 10.3 Å². The number of methoxy groups -OCH3 is 1. The Hall–Kier alpha value is -1.48. The van der Waals surface area contributed by atoms with Crippen LogP contribution in [-0.4, -0.2) is 26.8 Å². The lowest BCUT2D eigenvalue weighted by molar-refractivity contribution is 0.0601. The highest BCUT2D eigenvalue weighted by atomic mass is 35.5. The maximum Gasteiger partial charge on any atom is 0.337 e. The summed E-state index contributed by atoms with van der Waals surface area (Å²) in [6, 6.07) is 6.03. The average molecular weight is 333 g/mol. The van der Waals surface area contributed by atoms with Gasteiger partial charge in [0.15, 0.2) is 10.3 Å². The molecule has 9 heteroatoms. The fourth-order valence-corrected chi connectivity index (χ4v) is 2.84. The molecular weight excluding hydrogens is 324 g/mol.